The topological polar surface area (TPSA) is 29.9 Å². The highest BCUT2D eigenvalue weighted by Gasteiger charge is 2.04. The first-order chi connectivity index (χ1) is 7.70. The Morgan fingerprint density at radius 2 is 2.19 bits per heavy atom. The lowest BCUT2D eigenvalue weighted by molar-refractivity contribution is 0.762. The molecule has 0 aliphatic heterocycles. The summed E-state index contributed by atoms with van der Waals surface area (Å²) in [7, 11) is 0. The fraction of sp³-hybridized carbons (Fsp3) is 0.417. The van der Waals surface area contributed by atoms with Crippen LogP contribution in [0.25, 0.3) is 0 Å². The van der Waals surface area contributed by atoms with Crippen LogP contribution >= 0.6 is 11.3 Å². The average Bonchev–Trinajstić information content (AvgIpc) is 2.81. The zero-order valence-electron chi connectivity index (χ0n) is 9.95. The van der Waals surface area contributed by atoms with Crippen molar-refractivity contribution in [2.45, 2.75) is 33.9 Å². The largest absolute Gasteiger partial charge is 0.352 e. The third-order valence-corrected chi connectivity index (χ3v) is 3.55. The Hall–Kier alpha value is -1.29. The van der Waals surface area contributed by atoms with Crippen molar-refractivity contribution in [3.05, 3.63) is 33.8 Å². The van der Waals surface area contributed by atoms with Gasteiger partial charge in [0.1, 0.15) is 0 Å². The number of hydrogen-bond donors (Lipinski definition) is 1. The van der Waals surface area contributed by atoms with Crippen LogP contribution in [0.4, 0.5) is 5.95 Å². The van der Waals surface area contributed by atoms with E-state index in [0.29, 0.717) is 0 Å². The Kier molecular flexibility index (Phi) is 3.29. The van der Waals surface area contributed by atoms with E-state index in [4.69, 9.17) is 0 Å². The molecule has 0 unspecified atom stereocenters. The van der Waals surface area contributed by atoms with Crippen LogP contribution in [-0.4, -0.2) is 9.55 Å². The standard InChI is InChI=1S/C12H17N3S/c1-4-15-6-10(3)14-12(15)13-5-11-8-16-7-9(11)2/h6-8H,4-5H2,1-3H3,(H,13,14). The lowest BCUT2D eigenvalue weighted by atomic mass is 10.2. The fourth-order valence-corrected chi connectivity index (χ4v) is 2.53. The second-order valence-corrected chi connectivity index (χ2v) is 4.67. The number of rotatable bonds is 4. The highest BCUT2D eigenvalue weighted by atomic mass is 32.1. The van der Waals surface area contributed by atoms with Gasteiger partial charge in [-0.05, 0) is 42.7 Å². The van der Waals surface area contributed by atoms with Crippen LogP contribution in [0.2, 0.25) is 0 Å². The maximum Gasteiger partial charge on any atom is 0.203 e. The summed E-state index contributed by atoms with van der Waals surface area (Å²) >= 11 is 1.75. The summed E-state index contributed by atoms with van der Waals surface area (Å²) in [5.74, 6) is 0.964. The number of anilines is 1. The van der Waals surface area contributed by atoms with E-state index in [1.54, 1.807) is 11.3 Å². The average molecular weight is 235 g/mol. The van der Waals surface area contributed by atoms with Crippen LogP contribution in [0, 0.1) is 13.8 Å². The molecule has 0 spiro atoms. The lowest BCUT2D eigenvalue weighted by Crippen LogP contribution is -2.06. The molecule has 2 aromatic rings. The molecule has 3 nitrogen and oxygen atoms in total. The van der Waals surface area contributed by atoms with Crippen LogP contribution in [0.3, 0.4) is 0 Å². The second kappa shape index (κ2) is 4.70. The van der Waals surface area contributed by atoms with Gasteiger partial charge in [0, 0.05) is 19.3 Å². The minimum Gasteiger partial charge on any atom is -0.352 e. The molecule has 0 radical (unpaired) electrons. The summed E-state index contributed by atoms with van der Waals surface area (Å²) in [6, 6.07) is 0. The minimum atomic E-state index is 0.853. The molecule has 2 aromatic heterocycles. The molecule has 2 rings (SSSR count). The van der Waals surface area contributed by atoms with Crippen molar-refractivity contribution in [2.24, 2.45) is 0 Å². The Labute approximate surface area is 100 Å². The van der Waals surface area contributed by atoms with Crippen LogP contribution in [0.5, 0.6) is 0 Å². The van der Waals surface area contributed by atoms with Crippen molar-refractivity contribution in [2.75, 3.05) is 5.32 Å². The van der Waals surface area contributed by atoms with Crippen molar-refractivity contribution >= 4 is 17.3 Å². The number of nitrogens with one attached hydrogen (secondary N) is 1. The van der Waals surface area contributed by atoms with Crippen molar-refractivity contribution in [3.8, 4) is 0 Å². The van der Waals surface area contributed by atoms with E-state index < -0.39 is 0 Å². The van der Waals surface area contributed by atoms with Crippen molar-refractivity contribution < 1.29 is 0 Å². The first-order valence-electron chi connectivity index (χ1n) is 5.50. The number of nitrogens with zero attached hydrogens (tertiary/aromatic N) is 2. The molecule has 4 heteroatoms. The van der Waals surface area contributed by atoms with E-state index in [2.05, 4.69) is 45.7 Å². The van der Waals surface area contributed by atoms with Gasteiger partial charge in [0.25, 0.3) is 0 Å². The quantitative estimate of drug-likeness (QED) is 0.882. The first kappa shape index (κ1) is 11.2. The molecule has 86 valence electrons. The molecule has 0 fully saturated rings. The molecule has 0 saturated heterocycles. The summed E-state index contributed by atoms with van der Waals surface area (Å²) < 4.78 is 2.14. The first-order valence-corrected chi connectivity index (χ1v) is 6.44. The van der Waals surface area contributed by atoms with E-state index in [1.807, 2.05) is 6.92 Å². The van der Waals surface area contributed by atoms with Gasteiger partial charge < -0.3 is 9.88 Å². The molecule has 2 heterocycles. The summed E-state index contributed by atoms with van der Waals surface area (Å²) in [4.78, 5) is 4.47. The molecule has 0 atom stereocenters. The number of hydrogen-bond acceptors (Lipinski definition) is 3. The molecular weight excluding hydrogens is 218 g/mol. The normalized spacial score (nSPS) is 10.7. The van der Waals surface area contributed by atoms with Crippen LogP contribution in [0.15, 0.2) is 17.0 Å². The van der Waals surface area contributed by atoms with Gasteiger partial charge in [-0.25, -0.2) is 4.98 Å². The summed E-state index contributed by atoms with van der Waals surface area (Å²) in [6.45, 7) is 8.10. The highest BCUT2D eigenvalue weighted by molar-refractivity contribution is 7.08. The van der Waals surface area contributed by atoms with Gasteiger partial charge in [0.05, 0.1) is 5.69 Å². The summed E-state index contributed by atoms with van der Waals surface area (Å²) in [5, 5.41) is 7.75. The predicted octanol–water partition coefficient (Wildman–Crippen LogP) is 3.19. The van der Waals surface area contributed by atoms with E-state index >= 15 is 0 Å². The number of thiophene rings is 1. The zero-order chi connectivity index (χ0) is 11.5. The monoisotopic (exact) mass is 235 g/mol. The van der Waals surface area contributed by atoms with E-state index in [1.165, 1.54) is 11.1 Å². The Morgan fingerprint density at radius 3 is 2.81 bits per heavy atom. The molecular formula is C12H17N3S. The Balaban J connectivity index is 2.07. The Bertz CT molecular complexity index is 470. The molecule has 0 saturated carbocycles. The molecule has 0 aliphatic carbocycles. The molecule has 0 bridgehead atoms. The summed E-state index contributed by atoms with van der Waals surface area (Å²) in [5.41, 5.74) is 3.77. The zero-order valence-corrected chi connectivity index (χ0v) is 10.8. The van der Waals surface area contributed by atoms with E-state index in [9.17, 15) is 0 Å². The minimum absolute atomic E-state index is 0.853. The van der Waals surface area contributed by atoms with Gasteiger partial charge in [0.2, 0.25) is 5.95 Å². The summed E-state index contributed by atoms with van der Waals surface area (Å²) in [6.07, 6.45) is 2.07. The second-order valence-electron chi connectivity index (χ2n) is 3.93. The predicted molar refractivity (Wildman–Crippen MR) is 69.0 cm³/mol. The highest BCUT2D eigenvalue weighted by Crippen LogP contribution is 2.16. The number of aromatic nitrogens is 2. The smallest absolute Gasteiger partial charge is 0.203 e. The molecule has 0 amide bonds. The van der Waals surface area contributed by atoms with Gasteiger partial charge in [-0.1, -0.05) is 0 Å². The van der Waals surface area contributed by atoms with Crippen molar-refractivity contribution in [3.63, 3.8) is 0 Å². The van der Waals surface area contributed by atoms with Gasteiger partial charge in [0.15, 0.2) is 0 Å². The fourth-order valence-electron chi connectivity index (χ4n) is 1.67. The molecule has 0 aromatic carbocycles. The Morgan fingerprint density at radius 1 is 1.38 bits per heavy atom. The molecule has 0 aliphatic rings. The van der Waals surface area contributed by atoms with Gasteiger partial charge in [-0.15, -0.1) is 0 Å². The number of aryl methyl sites for hydroxylation is 3. The third-order valence-electron chi connectivity index (χ3n) is 2.64. The van der Waals surface area contributed by atoms with Crippen LogP contribution in [0.1, 0.15) is 23.7 Å². The third kappa shape index (κ3) is 2.27. The van der Waals surface area contributed by atoms with Gasteiger partial charge in [-0.3, -0.25) is 0 Å². The molecule has 16 heavy (non-hydrogen) atoms. The van der Waals surface area contributed by atoms with Crippen molar-refractivity contribution in [1.29, 1.82) is 0 Å². The van der Waals surface area contributed by atoms with Crippen LogP contribution in [-0.2, 0) is 13.1 Å². The van der Waals surface area contributed by atoms with Crippen molar-refractivity contribution in [1.82, 2.24) is 9.55 Å². The SMILES string of the molecule is CCn1cc(C)nc1NCc1cscc1C. The van der Waals surface area contributed by atoms with E-state index in [0.717, 1.165) is 24.7 Å². The number of imidazole rings is 1. The lowest BCUT2D eigenvalue weighted by Gasteiger charge is -2.07. The van der Waals surface area contributed by atoms with Gasteiger partial charge >= 0.3 is 0 Å². The van der Waals surface area contributed by atoms with Crippen LogP contribution < -0.4 is 5.32 Å². The van der Waals surface area contributed by atoms with Gasteiger partial charge in [-0.2, -0.15) is 11.3 Å². The van der Waals surface area contributed by atoms with E-state index in [-0.39, 0.29) is 0 Å². The molecule has 1 N–H and O–H groups in total. The maximum absolute atomic E-state index is 4.47. The maximum atomic E-state index is 4.47.